The van der Waals surface area contributed by atoms with Crippen molar-refractivity contribution in [3.8, 4) is 22.7 Å². The molecule has 0 bridgehead atoms. The maximum atomic E-state index is 12.3. The maximum Gasteiger partial charge on any atom is 0.224 e. The van der Waals surface area contributed by atoms with Crippen LogP contribution >= 0.6 is 0 Å². The van der Waals surface area contributed by atoms with E-state index < -0.39 is 0 Å². The molecule has 0 radical (unpaired) electrons. The fourth-order valence-electron chi connectivity index (χ4n) is 2.82. The highest BCUT2D eigenvalue weighted by atomic mass is 16.4. The molecule has 28 heavy (non-hydrogen) atoms. The number of tetrazole rings is 1. The normalized spacial score (nSPS) is 10.8. The lowest BCUT2D eigenvalue weighted by Gasteiger charge is -2.06. The Labute approximate surface area is 161 Å². The topological polar surface area (TPSA) is 98.7 Å². The van der Waals surface area contributed by atoms with Crippen LogP contribution in [0.2, 0.25) is 0 Å². The molecule has 1 N–H and O–H groups in total. The van der Waals surface area contributed by atoms with E-state index in [9.17, 15) is 4.79 Å². The predicted octanol–water partition coefficient (Wildman–Crippen LogP) is 3.10. The van der Waals surface area contributed by atoms with Gasteiger partial charge in [-0.1, -0.05) is 42.5 Å². The molecule has 2 aromatic heterocycles. The van der Waals surface area contributed by atoms with Gasteiger partial charge in [0.05, 0.1) is 6.20 Å². The molecule has 8 heteroatoms. The number of benzene rings is 2. The van der Waals surface area contributed by atoms with Gasteiger partial charge in [0.25, 0.3) is 0 Å². The Morgan fingerprint density at radius 3 is 2.71 bits per heavy atom. The molecule has 8 nitrogen and oxygen atoms in total. The van der Waals surface area contributed by atoms with Crippen LogP contribution in [-0.4, -0.2) is 31.1 Å². The van der Waals surface area contributed by atoms with Gasteiger partial charge in [0.1, 0.15) is 0 Å². The van der Waals surface area contributed by atoms with Crippen molar-refractivity contribution in [2.45, 2.75) is 12.8 Å². The summed E-state index contributed by atoms with van der Waals surface area (Å²) in [6.45, 7) is 0. The Kier molecular flexibility index (Phi) is 4.92. The third-order valence-electron chi connectivity index (χ3n) is 4.20. The molecule has 140 valence electrons. The number of aromatic nitrogens is 5. The largest absolute Gasteiger partial charge is 0.441 e. The fourth-order valence-corrected chi connectivity index (χ4v) is 2.82. The summed E-state index contributed by atoms with van der Waals surface area (Å²) in [5.74, 6) is 1.74. The Hall–Kier alpha value is -3.81. The number of carbonyl (C=O) groups is 1. The van der Waals surface area contributed by atoms with Gasteiger partial charge in [0.2, 0.25) is 5.91 Å². The summed E-state index contributed by atoms with van der Waals surface area (Å²) in [5, 5.41) is 14.3. The molecule has 0 unspecified atom stereocenters. The summed E-state index contributed by atoms with van der Waals surface area (Å²) >= 11 is 0. The van der Waals surface area contributed by atoms with E-state index in [2.05, 4.69) is 25.8 Å². The van der Waals surface area contributed by atoms with Crippen LogP contribution in [0.3, 0.4) is 0 Å². The Bertz CT molecular complexity index is 1090. The number of nitrogens with zero attached hydrogens (tertiary/aromatic N) is 5. The zero-order chi connectivity index (χ0) is 19.3. The van der Waals surface area contributed by atoms with Gasteiger partial charge in [-0.2, -0.15) is 0 Å². The van der Waals surface area contributed by atoms with Crippen LogP contribution in [0.25, 0.3) is 22.7 Å². The van der Waals surface area contributed by atoms with E-state index in [-0.39, 0.29) is 12.3 Å². The van der Waals surface area contributed by atoms with Crippen molar-refractivity contribution in [3.05, 3.63) is 66.7 Å². The molecule has 0 aliphatic rings. The molecule has 4 aromatic rings. The van der Waals surface area contributed by atoms with Gasteiger partial charge in [-0.3, -0.25) is 4.79 Å². The van der Waals surface area contributed by atoms with E-state index in [0.29, 0.717) is 29.6 Å². The average Bonchev–Trinajstić information content (AvgIpc) is 3.36. The molecule has 0 saturated carbocycles. The van der Waals surface area contributed by atoms with Gasteiger partial charge >= 0.3 is 0 Å². The number of amides is 1. The molecule has 0 aliphatic heterocycles. The number of rotatable bonds is 6. The van der Waals surface area contributed by atoms with Crippen molar-refractivity contribution in [1.82, 2.24) is 25.2 Å². The fraction of sp³-hybridized carbons (Fsp3) is 0.150. The smallest absolute Gasteiger partial charge is 0.224 e. The van der Waals surface area contributed by atoms with Gasteiger partial charge in [-0.05, 0) is 22.6 Å². The van der Waals surface area contributed by atoms with Crippen LogP contribution in [0.5, 0.6) is 0 Å². The van der Waals surface area contributed by atoms with E-state index in [1.807, 2.05) is 54.6 Å². The minimum absolute atomic E-state index is 0.118. The van der Waals surface area contributed by atoms with Gasteiger partial charge in [0, 0.05) is 36.7 Å². The minimum Gasteiger partial charge on any atom is -0.441 e. The summed E-state index contributed by atoms with van der Waals surface area (Å²) in [5.41, 5.74) is 2.47. The number of aryl methyl sites for hydroxylation is 2. The van der Waals surface area contributed by atoms with Crippen molar-refractivity contribution < 1.29 is 9.21 Å². The zero-order valence-corrected chi connectivity index (χ0v) is 15.2. The molecule has 2 aromatic carbocycles. The second-order valence-corrected chi connectivity index (χ2v) is 6.24. The molecular formula is C20H18N6O2. The number of oxazole rings is 1. The van der Waals surface area contributed by atoms with Crippen molar-refractivity contribution in [2.24, 2.45) is 7.05 Å². The second kappa shape index (κ2) is 7.83. The molecule has 0 atom stereocenters. The first-order valence-corrected chi connectivity index (χ1v) is 8.82. The van der Waals surface area contributed by atoms with E-state index >= 15 is 0 Å². The quantitative estimate of drug-likeness (QED) is 0.557. The Balaban J connectivity index is 1.37. The van der Waals surface area contributed by atoms with Crippen LogP contribution in [-0.2, 0) is 18.3 Å². The van der Waals surface area contributed by atoms with Crippen LogP contribution < -0.4 is 5.32 Å². The van der Waals surface area contributed by atoms with Crippen LogP contribution in [0.1, 0.15) is 12.3 Å². The van der Waals surface area contributed by atoms with Crippen molar-refractivity contribution in [2.75, 3.05) is 5.32 Å². The number of anilines is 1. The highest BCUT2D eigenvalue weighted by Gasteiger charge is 2.11. The maximum absolute atomic E-state index is 12.3. The van der Waals surface area contributed by atoms with E-state index in [1.165, 1.54) is 0 Å². The third kappa shape index (κ3) is 3.96. The highest BCUT2D eigenvalue weighted by Crippen LogP contribution is 2.21. The third-order valence-corrected chi connectivity index (χ3v) is 4.20. The molecule has 0 spiro atoms. The van der Waals surface area contributed by atoms with Crippen molar-refractivity contribution >= 4 is 11.6 Å². The summed E-state index contributed by atoms with van der Waals surface area (Å²) in [7, 11) is 1.76. The molecule has 0 aliphatic carbocycles. The first-order valence-electron chi connectivity index (χ1n) is 8.82. The number of nitrogens with one attached hydrogen (secondary N) is 1. The first kappa shape index (κ1) is 17.6. The van der Waals surface area contributed by atoms with E-state index in [0.717, 1.165) is 11.1 Å². The lowest BCUT2D eigenvalue weighted by atomic mass is 10.2. The molecule has 4 rings (SSSR count). The highest BCUT2D eigenvalue weighted by molar-refractivity contribution is 5.91. The van der Waals surface area contributed by atoms with E-state index in [1.54, 1.807) is 17.9 Å². The second-order valence-electron chi connectivity index (χ2n) is 6.24. The number of carbonyl (C=O) groups excluding carboxylic acids is 1. The monoisotopic (exact) mass is 374 g/mol. The standard InChI is InChI=1S/C20H18N6O2/c1-26-20(23-24-25-26)15-8-5-9-16(12-15)22-18(27)10-11-19-21-13-17(28-19)14-6-3-2-4-7-14/h2-9,12-13H,10-11H2,1H3,(H,22,27). The average molecular weight is 374 g/mol. The predicted molar refractivity (Wildman–Crippen MR) is 103 cm³/mol. The molecular weight excluding hydrogens is 356 g/mol. The van der Waals surface area contributed by atoms with Crippen LogP contribution in [0.4, 0.5) is 5.69 Å². The first-order chi connectivity index (χ1) is 13.7. The Morgan fingerprint density at radius 2 is 1.93 bits per heavy atom. The summed E-state index contributed by atoms with van der Waals surface area (Å²) < 4.78 is 7.31. The SMILES string of the molecule is Cn1nnnc1-c1cccc(NC(=O)CCc2ncc(-c3ccccc3)o2)c1. The molecule has 0 saturated heterocycles. The number of hydrogen-bond acceptors (Lipinski definition) is 6. The summed E-state index contributed by atoms with van der Waals surface area (Å²) in [6.07, 6.45) is 2.37. The molecule has 1 amide bonds. The van der Waals surface area contributed by atoms with Crippen LogP contribution in [0, 0.1) is 0 Å². The minimum atomic E-state index is -0.118. The van der Waals surface area contributed by atoms with Crippen molar-refractivity contribution in [3.63, 3.8) is 0 Å². The lowest BCUT2D eigenvalue weighted by molar-refractivity contribution is -0.116. The zero-order valence-electron chi connectivity index (χ0n) is 15.2. The summed E-state index contributed by atoms with van der Waals surface area (Å²) in [6, 6.07) is 17.1. The van der Waals surface area contributed by atoms with E-state index in [4.69, 9.17) is 4.42 Å². The Morgan fingerprint density at radius 1 is 1.11 bits per heavy atom. The van der Waals surface area contributed by atoms with Gasteiger partial charge < -0.3 is 9.73 Å². The molecule has 2 heterocycles. The van der Waals surface area contributed by atoms with Gasteiger partial charge in [-0.25, -0.2) is 9.67 Å². The van der Waals surface area contributed by atoms with Crippen molar-refractivity contribution in [1.29, 1.82) is 0 Å². The van der Waals surface area contributed by atoms with Crippen LogP contribution in [0.15, 0.2) is 65.2 Å². The van der Waals surface area contributed by atoms with Gasteiger partial charge in [0.15, 0.2) is 17.5 Å². The van der Waals surface area contributed by atoms with Gasteiger partial charge in [-0.15, -0.1) is 5.10 Å². The number of hydrogen-bond donors (Lipinski definition) is 1. The lowest BCUT2D eigenvalue weighted by Crippen LogP contribution is -2.12. The molecule has 0 fully saturated rings. The summed E-state index contributed by atoms with van der Waals surface area (Å²) in [4.78, 5) is 16.6.